The van der Waals surface area contributed by atoms with Crippen molar-refractivity contribution in [2.75, 3.05) is 0 Å². The van der Waals surface area contributed by atoms with Crippen LogP contribution in [0.3, 0.4) is 0 Å². The van der Waals surface area contributed by atoms with Crippen LogP contribution in [0.4, 0.5) is 0 Å². The minimum atomic E-state index is -0.436. The zero-order valence-electron chi connectivity index (χ0n) is 34.3. The fraction of sp³-hybridized carbons (Fsp3) is 0.0638. The van der Waals surface area contributed by atoms with Gasteiger partial charge < -0.3 is 4.42 Å². The summed E-state index contributed by atoms with van der Waals surface area (Å²) in [4.78, 5) is 0. The molecular formula is C47H32O. The highest BCUT2D eigenvalue weighted by Gasteiger charge is 2.37. The highest BCUT2D eigenvalue weighted by molar-refractivity contribution is 6.25. The standard InChI is InChI=1S/C47H32O/c1-47(2)40-25-9-7-16-32(40)37-23-12-22-31(46(37)47)29-14-11-15-30(28-29)43-33-17-3-5-19-35(33)44(36-20-6-4-18-34(36)43)39-24-13-27-42-45(39)38-21-8-10-26-41(38)48-42/h3-28H,1-2H3/i3D,4D,5D,6D,17D,18D,19D,20D. The third-order valence-electron chi connectivity index (χ3n) is 10.1. The van der Waals surface area contributed by atoms with Gasteiger partial charge in [-0.25, -0.2) is 0 Å². The fourth-order valence-corrected chi connectivity index (χ4v) is 8.10. The summed E-state index contributed by atoms with van der Waals surface area (Å²) in [7, 11) is 0. The molecule has 1 heterocycles. The van der Waals surface area contributed by atoms with E-state index in [4.69, 9.17) is 9.90 Å². The third kappa shape index (κ3) is 3.73. The van der Waals surface area contributed by atoms with Crippen LogP contribution in [0.1, 0.15) is 35.9 Å². The lowest BCUT2D eigenvalue weighted by Crippen LogP contribution is -2.16. The van der Waals surface area contributed by atoms with Crippen molar-refractivity contribution in [2.24, 2.45) is 0 Å². The topological polar surface area (TPSA) is 13.1 Å². The van der Waals surface area contributed by atoms with Crippen LogP contribution in [0.5, 0.6) is 0 Å². The van der Waals surface area contributed by atoms with Crippen molar-refractivity contribution in [2.45, 2.75) is 19.3 Å². The number of furan rings is 1. The molecule has 0 bridgehead atoms. The van der Waals surface area contributed by atoms with Crippen molar-refractivity contribution in [1.29, 1.82) is 0 Å². The van der Waals surface area contributed by atoms with Crippen LogP contribution in [0.15, 0.2) is 162 Å². The third-order valence-corrected chi connectivity index (χ3v) is 10.1. The van der Waals surface area contributed by atoms with Gasteiger partial charge in [-0.05, 0) is 95.4 Å². The smallest absolute Gasteiger partial charge is 0.136 e. The highest BCUT2D eigenvalue weighted by atomic mass is 16.3. The van der Waals surface area contributed by atoms with Crippen LogP contribution in [-0.2, 0) is 5.41 Å². The van der Waals surface area contributed by atoms with Gasteiger partial charge in [-0.3, -0.25) is 0 Å². The summed E-state index contributed by atoms with van der Waals surface area (Å²) in [6.07, 6.45) is 0. The first-order chi connectivity index (χ1) is 26.9. The lowest BCUT2D eigenvalue weighted by Gasteiger charge is -2.25. The maximum Gasteiger partial charge on any atom is 0.136 e. The molecule has 0 spiro atoms. The molecule has 0 unspecified atom stereocenters. The van der Waals surface area contributed by atoms with E-state index in [9.17, 15) is 5.48 Å². The maximum absolute atomic E-state index is 9.48. The van der Waals surface area contributed by atoms with Crippen LogP contribution in [-0.4, -0.2) is 0 Å². The maximum atomic E-state index is 9.48. The Bertz CT molecular complexity index is 3130. The number of hydrogen-bond donors (Lipinski definition) is 0. The van der Waals surface area contributed by atoms with E-state index in [1.807, 2.05) is 66.7 Å². The SMILES string of the molecule is [2H]c1c([2H])c([2H])c2c(-c3cccc4oc5ccccc5c34)c3c([2H])c([2H])c([2H])c([2H])c3c(-c3cccc(-c4cccc5c4C(C)(C)c4ccccc4-5)c3)c2c1[2H]. The van der Waals surface area contributed by atoms with Crippen molar-refractivity contribution >= 4 is 43.5 Å². The zero-order chi connectivity index (χ0) is 38.9. The number of benzene rings is 8. The summed E-state index contributed by atoms with van der Waals surface area (Å²) < 4.78 is 79.7. The number of para-hydroxylation sites is 1. The fourth-order valence-electron chi connectivity index (χ4n) is 8.10. The highest BCUT2D eigenvalue weighted by Crippen LogP contribution is 2.53. The minimum Gasteiger partial charge on any atom is -0.456 e. The van der Waals surface area contributed by atoms with E-state index >= 15 is 0 Å². The Hall–Kier alpha value is -5.92. The van der Waals surface area contributed by atoms with Gasteiger partial charge in [0.25, 0.3) is 0 Å². The van der Waals surface area contributed by atoms with Crippen LogP contribution < -0.4 is 0 Å². The number of hydrogen-bond acceptors (Lipinski definition) is 1. The van der Waals surface area contributed by atoms with E-state index in [-0.39, 0.29) is 51.1 Å². The lowest BCUT2D eigenvalue weighted by atomic mass is 9.78. The first-order valence-electron chi connectivity index (χ1n) is 20.1. The first kappa shape index (κ1) is 20.3. The number of rotatable bonds is 3. The second kappa shape index (κ2) is 10.0. The second-order valence-corrected chi connectivity index (χ2v) is 13.0. The van der Waals surface area contributed by atoms with Crippen LogP contribution in [0, 0.1) is 0 Å². The molecule has 0 aliphatic heterocycles. The van der Waals surface area contributed by atoms with Crippen molar-refractivity contribution in [3.8, 4) is 44.5 Å². The minimum absolute atomic E-state index is 0.170. The van der Waals surface area contributed by atoms with Gasteiger partial charge in [0.2, 0.25) is 0 Å². The molecule has 226 valence electrons. The van der Waals surface area contributed by atoms with Crippen molar-refractivity contribution in [1.82, 2.24) is 0 Å². The quantitative estimate of drug-likeness (QED) is 0.179. The molecule has 48 heavy (non-hydrogen) atoms. The second-order valence-electron chi connectivity index (χ2n) is 13.0. The van der Waals surface area contributed by atoms with E-state index in [1.165, 1.54) is 16.7 Å². The average molecular weight is 621 g/mol. The zero-order valence-corrected chi connectivity index (χ0v) is 26.3. The summed E-state index contributed by atoms with van der Waals surface area (Å²) >= 11 is 0. The summed E-state index contributed by atoms with van der Waals surface area (Å²) in [6.45, 7) is 4.45. The van der Waals surface area contributed by atoms with E-state index in [1.54, 1.807) is 6.07 Å². The van der Waals surface area contributed by atoms with Gasteiger partial charge >= 0.3 is 0 Å². The molecule has 1 nitrogen and oxygen atoms in total. The summed E-state index contributed by atoms with van der Waals surface area (Å²) in [5.74, 6) is 0. The van der Waals surface area contributed by atoms with Gasteiger partial charge in [0.05, 0.1) is 11.0 Å². The molecule has 0 amide bonds. The average Bonchev–Trinajstić information content (AvgIpc) is 3.72. The predicted molar refractivity (Wildman–Crippen MR) is 203 cm³/mol. The molecule has 1 aromatic heterocycles. The van der Waals surface area contributed by atoms with Gasteiger partial charge in [0.1, 0.15) is 11.2 Å². The monoisotopic (exact) mass is 620 g/mol. The Balaban J connectivity index is 1.38. The molecule has 10 rings (SSSR count). The molecule has 1 aliphatic rings. The Morgan fingerprint density at radius 3 is 1.83 bits per heavy atom. The Labute approximate surface area is 291 Å². The van der Waals surface area contributed by atoms with Gasteiger partial charge in [0.15, 0.2) is 0 Å². The van der Waals surface area contributed by atoms with Gasteiger partial charge in [-0.2, -0.15) is 0 Å². The predicted octanol–water partition coefficient (Wildman–Crippen LogP) is 13.2. The van der Waals surface area contributed by atoms with E-state index in [0.29, 0.717) is 38.8 Å². The van der Waals surface area contributed by atoms with Crippen LogP contribution in [0.2, 0.25) is 0 Å². The Morgan fingerprint density at radius 1 is 0.479 bits per heavy atom. The molecule has 0 N–H and O–H groups in total. The van der Waals surface area contributed by atoms with Crippen molar-refractivity contribution in [3.05, 3.63) is 169 Å². The van der Waals surface area contributed by atoms with Crippen LogP contribution in [0.25, 0.3) is 88.0 Å². The lowest BCUT2D eigenvalue weighted by molar-refractivity contribution is 0.662. The van der Waals surface area contributed by atoms with Crippen molar-refractivity contribution in [3.63, 3.8) is 0 Å². The largest absolute Gasteiger partial charge is 0.456 e. The molecule has 0 radical (unpaired) electrons. The molecule has 0 saturated heterocycles. The van der Waals surface area contributed by atoms with E-state index in [2.05, 4.69) is 50.2 Å². The summed E-state index contributed by atoms with van der Waals surface area (Å²) in [5.41, 5.74) is 9.22. The number of fused-ring (bicyclic) bond motifs is 8. The van der Waals surface area contributed by atoms with Crippen molar-refractivity contribution < 1.29 is 15.4 Å². The van der Waals surface area contributed by atoms with E-state index in [0.717, 1.165) is 22.1 Å². The normalized spacial score (nSPS) is 15.7. The molecule has 0 atom stereocenters. The van der Waals surface area contributed by atoms with Gasteiger partial charge in [0, 0.05) is 16.2 Å². The summed E-state index contributed by atoms with van der Waals surface area (Å²) in [6, 6.07) is 32.5. The molecule has 0 fully saturated rings. The van der Waals surface area contributed by atoms with Crippen LogP contribution >= 0.6 is 0 Å². The van der Waals surface area contributed by atoms with E-state index < -0.39 is 24.2 Å². The molecule has 1 aliphatic carbocycles. The molecular weight excluding hydrogens is 581 g/mol. The Kier molecular flexibility index (Phi) is 4.25. The molecule has 8 aromatic carbocycles. The molecule has 9 aromatic rings. The first-order valence-corrected chi connectivity index (χ1v) is 16.1. The van der Waals surface area contributed by atoms with Gasteiger partial charge in [-0.15, -0.1) is 0 Å². The Morgan fingerprint density at radius 2 is 1.04 bits per heavy atom. The summed E-state index contributed by atoms with van der Waals surface area (Å²) in [5, 5.41) is 2.15. The molecule has 0 saturated carbocycles. The molecule has 1 heteroatoms. The van der Waals surface area contributed by atoms with Gasteiger partial charge in [-0.1, -0.05) is 153 Å².